The van der Waals surface area contributed by atoms with Crippen LogP contribution in [0.3, 0.4) is 0 Å². The number of carbonyl (C=O) groups excluding carboxylic acids is 1. The van der Waals surface area contributed by atoms with Gasteiger partial charge in [-0.3, -0.25) is 4.79 Å². The van der Waals surface area contributed by atoms with Crippen LogP contribution in [0.4, 0.5) is 0 Å². The summed E-state index contributed by atoms with van der Waals surface area (Å²) in [6, 6.07) is 6.80. The molecule has 0 fully saturated rings. The van der Waals surface area contributed by atoms with E-state index in [4.69, 9.17) is 23.2 Å². The van der Waals surface area contributed by atoms with Gasteiger partial charge in [0.2, 0.25) is 0 Å². The van der Waals surface area contributed by atoms with Gasteiger partial charge in [-0.05, 0) is 40.6 Å². The van der Waals surface area contributed by atoms with Gasteiger partial charge in [-0.2, -0.15) is 11.3 Å². The Bertz CT molecular complexity index is 525. The molecule has 2 aromatic rings. The van der Waals surface area contributed by atoms with Gasteiger partial charge < -0.3 is 5.32 Å². The number of amides is 1. The van der Waals surface area contributed by atoms with Gasteiger partial charge in [0.25, 0.3) is 5.91 Å². The van der Waals surface area contributed by atoms with E-state index in [1.165, 1.54) is 0 Å². The van der Waals surface area contributed by atoms with E-state index in [1.54, 1.807) is 29.5 Å². The second kappa shape index (κ2) is 5.54. The van der Waals surface area contributed by atoms with Gasteiger partial charge in [0.05, 0.1) is 10.0 Å². The fraction of sp³-hybridized carbons (Fsp3) is 0.0833. The van der Waals surface area contributed by atoms with E-state index in [-0.39, 0.29) is 5.91 Å². The summed E-state index contributed by atoms with van der Waals surface area (Å²) in [6.07, 6.45) is 0. The predicted molar refractivity (Wildman–Crippen MR) is 72.0 cm³/mol. The molecule has 0 spiro atoms. The van der Waals surface area contributed by atoms with Crippen LogP contribution in [0.2, 0.25) is 10.0 Å². The molecular weight excluding hydrogens is 277 g/mol. The summed E-state index contributed by atoms with van der Waals surface area (Å²) >= 11 is 13.2. The summed E-state index contributed by atoms with van der Waals surface area (Å²) in [5, 5.41) is 7.61. The lowest BCUT2D eigenvalue weighted by atomic mass is 10.2. The minimum absolute atomic E-state index is 0.158. The zero-order valence-corrected chi connectivity index (χ0v) is 11.1. The Labute approximate surface area is 113 Å². The Morgan fingerprint density at radius 1 is 1.24 bits per heavy atom. The maximum absolute atomic E-state index is 11.8. The van der Waals surface area contributed by atoms with Gasteiger partial charge in [-0.25, -0.2) is 0 Å². The molecule has 0 atom stereocenters. The van der Waals surface area contributed by atoms with Crippen molar-refractivity contribution < 1.29 is 4.79 Å². The molecule has 88 valence electrons. The Hall–Kier alpha value is -1.03. The number of halogens is 2. The van der Waals surface area contributed by atoms with Gasteiger partial charge in [0.1, 0.15) is 0 Å². The van der Waals surface area contributed by atoms with Crippen molar-refractivity contribution in [3.63, 3.8) is 0 Å². The Balaban J connectivity index is 2.02. The molecular formula is C12H9Cl2NOS. The van der Waals surface area contributed by atoms with Crippen molar-refractivity contribution in [3.05, 3.63) is 56.2 Å². The largest absolute Gasteiger partial charge is 0.348 e. The molecule has 1 heterocycles. The van der Waals surface area contributed by atoms with Crippen molar-refractivity contribution in [1.82, 2.24) is 5.32 Å². The van der Waals surface area contributed by atoms with Crippen molar-refractivity contribution in [2.24, 2.45) is 0 Å². The van der Waals surface area contributed by atoms with E-state index in [0.29, 0.717) is 22.2 Å². The number of rotatable bonds is 3. The summed E-state index contributed by atoms with van der Waals surface area (Å²) in [5.41, 5.74) is 1.60. The molecule has 17 heavy (non-hydrogen) atoms. The van der Waals surface area contributed by atoms with Crippen molar-refractivity contribution in [1.29, 1.82) is 0 Å². The van der Waals surface area contributed by atoms with Crippen LogP contribution in [0.5, 0.6) is 0 Å². The molecule has 1 aromatic heterocycles. The quantitative estimate of drug-likeness (QED) is 0.908. The second-order valence-corrected chi connectivity index (χ2v) is 5.04. The molecule has 0 aliphatic rings. The molecule has 0 bridgehead atoms. The first-order chi connectivity index (χ1) is 8.16. The predicted octanol–water partition coefficient (Wildman–Crippen LogP) is 3.98. The summed E-state index contributed by atoms with van der Waals surface area (Å²) in [7, 11) is 0. The Morgan fingerprint density at radius 2 is 2.06 bits per heavy atom. The topological polar surface area (TPSA) is 29.1 Å². The highest BCUT2D eigenvalue weighted by atomic mass is 35.5. The molecule has 1 N–H and O–H groups in total. The average Bonchev–Trinajstić information content (AvgIpc) is 2.82. The number of hydrogen-bond acceptors (Lipinski definition) is 2. The number of benzene rings is 1. The highest BCUT2D eigenvalue weighted by Gasteiger charge is 2.07. The molecule has 0 saturated heterocycles. The van der Waals surface area contributed by atoms with Crippen molar-refractivity contribution >= 4 is 40.4 Å². The minimum Gasteiger partial charge on any atom is -0.348 e. The van der Waals surface area contributed by atoms with Crippen LogP contribution in [0.15, 0.2) is 35.0 Å². The lowest BCUT2D eigenvalue weighted by Crippen LogP contribution is -2.22. The lowest BCUT2D eigenvalue weighted by Gasteiger charge is -2.04. The standard InChI is InChI=1S/C12H9Cl2NOS/c13-10-2-1-9(5-11(10)14)12(16)15-6-8-3-4-17-7-8/h1-5,7H,6H2,(H,15,16). The van der Waals surface area contributed by atoms with Gasteiger partial charge >= 0.3 is 0 Å². The van der Waals surface area contributed by atoms with E-state index in [9.17, 15) is 4.79 Å². The normalized spacial score (nSPS) is 10.2. The van der Waals surface area contributed by atoms with Crippen LogP contribution in [0, 0.1) is 0 Å². The number of nitrogens with one attached hydrogen (secondary N) is 1. The second-order valence-electron chi connectivity index (χ2n) is 3.44. The third kappa shape index (κ3) is 3.22. The van der Waals surface area contributed by atoms with Crippen LogP contribution >= 0.6 is 34.5 Å². The smallest absolute Gasteiger partial charge is 0.251 e. The van der Waals surface area contributed by atoms with Crippen LogP contribution in [0.25, 0.3) is 0 Å². The van der Waals surface area contributed by atoms with Gasteiger partial charge in [-0.15, -0.1) is 0 Å². The molecule has 2 nitrogen and oxygen atoms in total. The summed E-state index contributed by atoms with van der Waals surface area (Å²) in [4.78, 5) is 11.8. The molecule has 0 aliphatic carbocycles. The maximum atomic E-state index is 11.8. The number of hydrogen-bond donors (Lipinski definition) is 1. The Kier molecular flexibility index (Phi) is 4.05. The van der Waals surface area contributed by atoms with Crippen molar-refractivity contribution in [3.8, 4) is 0 Å². The molecule has 0 unspecified atom stereocenters. The highest BCUT2D eigenvalue weighted by molar-refractivity contribution is 7.07. The van der Waals surface area contributed by atoms with Crippen LogP contribution < -0.4 is 5.32 Å². The van der Waals surface area contributed by atoms with Gasteiger partial charge in [0, 0.05) is 12.1 Å². The lowest BCUT2D eigenvalue weighted by molar-refractivity contribution is 0.0951. The first kappa shape index (κ1) is 12.4. The van der Waals surface area contributed by atoms with Crippen LogP contribution in [-0.2, 0) is 6.54 Å². The first-order valence-electron chi connectivity index (χ1n) is 4.91. The average molecular weight is 286 g/mol. The van der Waals surface area contributed by atoms with Gasteiger partial charge in [0.15, 0.2) is 0 Å². The van der Waals surface area contributed by atoms with E-state index in [0.717, 1.165) is 5.56 Å². The number of carbonyl (C=O) groups is 1. The SMILES string of the molecule is O=C(NCc1ccsc1)c1ccc(Cl)c(Cl)c1. The van der Waals surface area contributed by atoms with Crippen molar-refractivity contribution in [2.75, 3.05) is 0 Å². The zero-order chi connectivity index (χ0) is 12.3. The molecule has 1 aromatic carbocycles. The first-order valence-corrected chi connectivity index (χ1v) is 6.61. The van der Waals surface area contributed by atoms with E-state index in [2.05, 4.69) is 5.32 Å². The molecule has 1 amide bonds. The molecule has 5 heteroatoms. The zero-order valence-electron chi connectivity index (χ0n) is 8.74. The van der Waals surface area contributed by atoms with E-state index < -0.39 is 0 Å². The fourth-order valence-electron chi connectivity index (χ4n) is 1.32. The van der Waals surface area contributed by atoms with Crippen molar-refractivity contribution in [2.45, 2.75) is 6.54 Å². The van der Waals surface area contributed by atoms with Crippen LogP contribution in [-0.4, -0.2) is 5.91 Å². The third-order valence-corrected chi connectivity index (χ3v) is 3.69. The minimum atomic E-state index is -0.158. The summed E-state index contributed by atoms with van der Waals surface area (Å²) < 4.78 is 0. The summed E-state index contributed by atoms with van der Waals surface area (Å²) in [5.74, 6) is -0.158. The van der Waals surface area contributed by atoms with E-state index >= 15 is 0 Å². The summed E-state index contributed by atoms with van der Waals surface area (Å²) in [6.45, 7) is 0.516. The Morgan fingerprint density at radius 3 is 2.71 bits per heavy atom. The third-order valence-electron chi connectivity index (χ3n) is 2.21. The fourth-order valence-corrected chi connectivity index (χ4v) is 2.28. The molecule has 2 rings (SSSR count). The molecule has 0 saturated carbocycles. The van der Waals surface area contributed by atoms with E-state index in [1.807, 2.05) is 16.8 Å². The van der Waals surface area contributed by atoms with Crippen LogP contribution in [0.1, 0.15) is 15.9 Å². The van der Waals surface area contributed by atoms with Gasteiger partial charge in [-0.1, -0.05) is 23.2 Å². The highest BCUT2D eigenvalue weighted by Crippen LogP contribution is 2.22. The molecule has 0 radical (unpaired) electrons. The monoisotopic (exact) mass is 285 g/mol. The maximum Gasteiger partial charge on any atom is 0.251 e. The number of thiophene rings is 1. The molecule has 0 aliphatic heterocycles.